The highest BCUT2D eigenvalue weighted by Gasteiger charge is 2.32. The molecule has 3 aromatic carbocycles. The Morgan fingerprint density at radius 2 is 1.83 bits per heavy atom. The van der Waals surface area contributed by atoms with E-state index in [-0.39, 0.29) is 57.3 Å². The molecule has 3 aromatic rings. The van der Waals surface area contributed by atoms with Gasteiger partial charge in [-0.3, -0.25) is 24.6 Å². The Kier molecular flexibility index (Phi) is 8.62. The fourth-order valence-electron chi connectivity index (χ4n) is 3.32. The number of thioether (sulfide) groups is 1. The monoisotopic (exact) mass is 568 g/mol. The lowest BCUT2D eigenvalue weighted by atomic mass is 10.1. The maximum atomic E-state index is 13.3. The molecule has 0 atom stereocenters. The molecular formula is C25H19BrN3O6S-. The molecule has 0 fully saturated rings. The molecule has 9 nitrogen and oxygen atoms in total. The van der Waals surface area contributed by atoms with Gasteiger partial charge in [0.25, 0.3) is 11.6 Å². The smallest absolute Gasteiger partial charge is 0.283 e. The minimum atomic E-state index is -0.531. The number of hydrogen-bond acceptors (Lipinski definition) is 8. The molecular weight excluding hydrogens is 550 g/mol. The summed E-state index contributed by atoms with van der Waals surface area (Å²) in [5.74, 6) is -0.407. The highest BCUT2D eigenvalue weighted by Crippen LogP contribution is 2.32. The third kappa shape index (κ3) is 5.81. The number of nitro groups is 1. The third-order valence-corrected chi connectivity index (χ3v) is 6.02. The number of aromatic hydroxyl groups is 1. The number of para-hydroxylation sites is 1. The van der Waals surface area contributed by atoms with Gasteiger partial charge in [0.1, 0.15) is 5.70 Å². The zero-order valence-electron chi connectivity index (χ0n) is 18.8. The van der Waals surface area contributed by atoms with Gasteiger partial charge in [0.05, 0.1) is 23.5 Å². The Bertz CT molecular complexity index is 1360. The van der Waals surface area contributed by atoms with Crippen molar-refractivity contribution in [3.8, 4) is 11.5 Å². The van der Waals surface area contributed by atoms with E-state index in [0.717, 1.165) is 11.8 Å². The predicted molar refractivity (Wildman–Crippen MR) is 134 cm³/mol. The topological polar surface area (TPSA) is 122 Å². The van der Waals surface area contributed by atoms with Crippen molar-refractivity contribution in [3.05, 3.63) is 99.7 Å². The number of Topliss-reactive ketones (excluding diaryl/α,β-unsaturated/α-hetero) is 1. The number of benzene rings is 3. The van der Waals surface area contributed by atoms with E-state index >= 15 is 0 Å². The number of amides is 1. The van der Waals surface area contributed by atoms with E-state index in [4.69, 9.17) is 4.74 Å². The number of phenolic OH excluding ortho intramolecular Hbond substituents is 1. The fourth-order valence-corrected chi connectivity index (χ4v) is 4.23. The lowest BCUT2D eigenvalue weighted by molar-refractivity contribution is -0.384. The van der Waals surface area contributed by atoms with Crippen LogP contribution >= 0.6 is 11.8 Å². The minimum Gasteiger partial charge on any atom is -1.00 e. The molecule has 184 valence electrons. The number of ketones is 1. The van der Waals surface area contributed by atoms with E-state index in [0.29, 0.717) is 22.0 Å². The molecule has 0 aromatic heterocycles. The Morgan fingerprint density at radius 3 is 2.47 bits per heavy atom. The van der Waals surface area contributed by atoms with Crippen LogP contribution in [0.3, 0.4) is 0 Å². The van der Waals surface area contributed by atoms with Crippen LogP contribution < -0.4 is 26.6 Å². The SMILES string of the molecule is COc1cc(/C=C2/N=C(SCC(=O)c3ccc([N+](=O)[O-])cc3)N(c3ccccc3)C2=O)ccc1O.[Br-]. The molecule has 0 saturated heterocycles. The molecule has 0 aliphatic carbocycles. The summed E-state index contributed by atoms with van der Waals surface area (Å²) in [7, 11) is 1.43. The number of non-ortho nitro benzene ring substituents is 1. The molecule has 0 bridgehead atoms. The first-order chi connectivity index (χ1) is 16.9. The third-order valence-electron chi connectivity index (χ3n) is 5.08. The molecule has 1 aliphatic rings. The van der Waals surface area contributed by atoms with Crippen molar-refractivity contribution >= 4 is 46.1 Å². The molecule has 1 heterocycles. The van der Waals surface area contributed by atoms with Gasteiger partial charge in [-0.2, -0.15) is 0 Å². The van der Waals surface area contributed by atoms with Crippen molar-refractivity contribution in [1.29, 1.82) is 0 Å². The predicted octanol–water partition coefficient (Wildman–Crippen LogP) is 1.67. The van der Waals surface area contributed by atoms with Gasteiger partial charge >= 0.3 is 0 Å². The molecule has 4 rings (SSSR count). The van der Waals surface area contributed by atoms with Crippen molar-refractivity contribution in [2.24, 2.45) is 4.99 Å². The highest BCUT2D eigenvalue weighted by atomic mass is 79.9. The van der Waals surface area contributed by atoms with Crippen molar-refractivity contribution in [2.75, 3.05) is 17.8 Å². The Balaban J connectivity index is 0.00000361. The highest BCUT2D eigenvalue weighted by molar-refractivity contribution is 8.14. The Labute approximate surface area is 221 Å². The number of halogens is 1. The number of hydrogen-bond donors (Lipinski definition) is 1. The lowest BCUT2D eigenvalue weighted by Crippen LogP contribution is -3.00. The summed E-state index contributed by atoms with van der Waals surface area (Å²) in [5.41, 5.74) is 1.58. The Hall–Kier alpha value is -3.96. The van der Waals surface area contributed by atoms with Gasteiger partial charge in [0.2, 0.25) is 0 Å². The normalized spacial score (nSPS) is 13.8. The zero-order valence-corrected chi connectivity index (χ0v) is 21.2. The molecule has 0 unspecified atom stereocenters. The number of rotatable bonds is 7. The largest absolute Gasteiger partial charge is 1.00 e. The van der Waals surface area contributed by atoms with Crippen molar-refractivity contribution in [3.63, 3.8) is 0 Å². The van der Waals surface area contributed by atoms with Crippen LogP contribution in [0.1, 0.15) is 15.9 Å². The number of phenols is 1. The van der Waals surface area contributed by atoms with Crippen LogP contribution in [0.15, 0.2) is 83.5 Å². The van der Waals surface area contributed by atoms with Gasteiger partial charge < -0.3 is 26.8 Å². The van der Waals surface area contributed by atoms with E-state index < -0.39 is 4.92 Å². The van der Waals surface area contributed by atoms with Gasteiger partial charge in [0.15, 0.2) is 22.4 Å². The van der Waals surface area contributed by atoms with Crippen LogP contribution in [0.4, 0.5) is 11.4 Å². The number of anilines is 1. The molecule has 0 saturated carbocycles. The number of carbonyl (C=O) groups excluding carboxylic acids is 2. The number of ether oxygens (including phenoxy) is 1. The van der Waals surface area contributed by atoms with Gasteiger partial charge in [-0.25, -0.2) is 4.99 Å². The summed E-state index contributed by atoms with van der Waals surface area (Å²) in [6.45, 7) is 0. The van der Waals surface area contributed by atoms with E-state index in [9.17, 15) is 24.8 Å². The van der Waals surface area contributed by atoms with E-state index in [2.05, 4.69) is 4.99 Å². The van der Waals surface area contributed by atoms with Crippen molar-refractivity contribution in [2.45, 2.75) is 0 Å². The average molecular weight is 569 g/mol. The summed E-state index contributed by atoms with van der Waals surface area (Å²) in [6.07, 6.45) is 1.58. The maximum absolute atomic E-state index is 13.3. The number of amidine groups is 1. The first-order valence-corrected chi connectivity index (χ1v) is 11.3. The molecule has 1 N–H and O–H groups in total. The van der Waals surface area contributed by atoms with E-state index in [1.165, 1.54) is 42.3 Å². The summed E-state index contributed by atoms with van der Waals surface area (Å²) in [6, 6.07) is 19.0. The van der Waals surface area contributed by atoms with Gasteiger partial charge in [-0.05, 0) is 48.0 Å². The maximum Gasteiger partial charge on any atom is 0.283 e. The van der Waals surface area contributed by atoms with Crippen LogP contribution in [-0.2, 0) is 4.79 Å². The minimum absolute atomic E-state index is 0. The first kappa shape index (κ1) is 26.6. The number of aliphatic imine (C=N–C) groups is 1. The molecule has 11 heteroatoms. The Morgan fingerprint density at radius 1 is 1.14 bits per heavy atom. The van der Waals surface area contributed by atoms with Crippen molar-refractivity contribution < 1.29 is 41.3 Å². The van der Waals surface area contributed by atoms with Gasteiger partial charge in [0, 0.05) is 17.7 Å². The molecule has 1 aliphatic heterocycles. The summed E-state index contributed by atoms with van der Waals surface area (Å²) in [5, 5.41) is 21.0. The molecule has 1 amide bonds. The first-order valence-electron chi connectivity index (χ1n) is 10.3. The van der Waals surface area contributed by atoms with Crippen molar-refractivity contribution in [1.82, 2.24) is 0 Å². The quantitative estimate of drug-likeness (QED) is 0.199. The number of nitrogens with zero attached hydrogens (tertiary/aromatic N) is 3. The lowest BCUT2D eigenvalue weighted by Gasteiger charge is -2.17. The summed E-state index contributed by atoms with van der Waals surface area (Å²) < 4.78 is 5.13. The molecule has 0 spiro atoms. The van der Waals surface area contributed by atoms with E-state index in [1.807, 2.05) is 6.07 Å². The zero-order chi connectivity index (χ0) is 24.9. The standard InChI is InChI=1S/C25H19N3O6S.BrH/c1-34-23-14-16(7-12-21(23)29)13-20-24(31)27(18-5-3-2-4-6-18)25(26-20)35-15-22(30)17-8-10-19(11-9-17)28(32)33;/h2-14,29H,15H2,1H3;1H/p-1/b20-13+;. The van der Waals surface area contributed by atoms with Crippen LogP contribution in [-0.4, -0.2) is 39.8 Å². The van der Waals surface area contributed by atoms with Crippen LogP contribution in [0.5, 0.6) is 11.5 Å². The van der Waals surface area contributed by atoms with Gasteiger partial charge in [-0.15, -0.1) is 0 Å². The van der Waals surface area contributed by atoms with Crippen LogP contribution in [0.2, 0.25) is 0 Å². The molecule has 0 radical (unpaired) electrons. The molecule has 36 heavy (non-hydrogen) atoms. The second kappa shape index (κ2) is 11.6. The second-order valence-electron chi connectivity index (χ2n) is 7.35. The van der Waals surface area contributed by atoms with Crippen LogP contribution in [0, 0.1) is 10.1 Å². The summed E-state index contributed by atoms with van der Waals surface area (Å²) in [4.78, 5) is 42.1. The second-order valence-corrected chi connectivity index (χ2v) is 8.29. The summed E-state index contributed by atoms with van der Waals surface area (Å²) >= 11 is 1.09. The van der Waals surface area contributed by atoms with Gasteiger partial charge in [-0.1, -0.05) is 36.0 Å². The van der Waals surface area contributed by atoms with E-state index in [1.54, 1.807) is 42.5 Å². The number of methoxy groups -OCH3 is 1. The van der Waals surface area contributed by atoms with Crippen LogP contribution in [0.25, 0.3) is 6.08 Å². The number of nitro benzene ring substituents is 1. The number of carbonyl (C=O) groups is 2. The average Bonchev–Trinajstić information content (AvgIpc) is 3.18. The fraction of sp³-hybridized carbons (Fsp3) is 0.0800.